The fraction of sp³-hybridized carbons (Fsp3) is 0.826. The molecule has 0 unspecified atom stereocenters. The highest BCUT2D eigenvalue weighted by molar-refractivity contribution is 5.85. The van der Waals surface area contributed by atoms with Crippen molar-refractivity contribution >= 4 is 12.3 Å². The molecule has 6 heteroatoms. The van der Waals surface area contributed by atoms with Gasteiger partial charge in [-0.1, -0.05) is 6.92 Å². The Kier molecular flexibility index (Phi) is 4.34. The lowest BCUT2D eigenvalue weighted by molar-refractivity contribution is -0.241. The molecule has 5 rings (SSSR count). The van der Waals surface area contributed by atoms with Gasteiger partial charge in [-0.25, -0.2) is 4.79 Å². The number of rotatable bonds is 2. The van der Waals surface area contributed by atoms with Gasteiger partial charge in [0.2, 0.25) is 0 Å². The molecule has 4 aliphatic carbocycles. The minimum absolute atomic E-state index is 0.0452. The lowest BCUT2D eigenvalue weighted by atomic mass is 9.42. The van der Waals surface area contributed by atoms with Gasteiger partial charge in [-0.3, -0.25) is 0 Å². The predicted octanol–water partition coefficient (Wildman–Crippen LogP) is 1.75. The Labute approximate surface area is 171 Å². The molecular weight excluding hydrogens is 372 g/mol. The van der Waals surface area contributed by atoms with E-state index in [1.165, 1.54) is 6.08 Å². The molecule has 4 saturated carbocycles. The molecule has 0 aromatic heterocycles. The Morgan fingerprint density at radius 2 is 1.90 bits per heavy atom. The summed E-state index contributed by atoms with van der Waals surface area (Å²) in [5.41, 5.74) is -1.49. The van der Waals surface area contributed by atoms with Gasteiger partial charge in [0.25, 0.3) is 0 Å². The van der Waals surface area contributed by atoms with Crippen molar-refractivity contribution in [3.63, 3.8) is 0 Å². The number of carbonyl (C=O) groups is 2. The summed E-state index contributed by atoms with van der Waals surface area (Å²) in [6.07, 6.45) is 6.85. The fourth-order valence-electron chi connectivity index (χ4n) is 8.30. The average Bonchev–Trinajstić information content (AvgIpc) is 3.24. The molecule has 5 aliphatic rings. The second-order valence-corrected chi connectivity index (χ2v) is 10.5. The summed E-state index contributed by atoms with van der Waals surface area (Å²) in [6.45, 7) is 2.22. The highest BCUT2D eigenvalue weighted by atomic mass is 16.5. The summed E-state index contributed by atoms with van der Waals surface area (Å²) >= 11 is 0. The van der Waals surface area contributed by atoms with E-state index in [1.54, 1.807) is 0 Å². The van der Waals surface area contributed by atoms with Gasteiger partial charge in [0.05, 0.1) is 17.8 Å². The van der Waals surface area contributed by atoms with Crippen molar-refractivity contribution in [2.24, 2.45) is 34.5 Å². The minimum atomic E-state index is -1.07. The number of hydrogen-bond acceptors (Lipinski definition) is 6. The molecule has 1 heterocycles. The van der Waals surface area contributed by atoms with Gasteiger partial charge in [0.15, 0.2) is 0 Å². The second kappa shape index (κ2) is 6.38. The monoisotopic (exact) mass is 404 g/mol. The summed E-state index contributed by atoms with van der Waals surface area (Å²) in [6, 6.07) is 0. The van der Waals surface area contributed by atoms with E-state index < -0.39 is 22.5 Å². The molecule has 3 N–H and O–H groups in total. The maximum absolute atomic E-state index is 12.5. The van der Waals surface area contributed by atoms with Gasteiger partial charge in [0.1, 0.15) is 12.9 Å². The summed E-state index contributed by atoms with van der Waals surface area (Å²) in [4.78, 5) is 24.1. The molecule has 0 aromatic carbocycles. The summed E-state index contributed by atoms with van der Waals surface area (Å²) in [7, 11) is 0. The van der Waals surface area contributed by atoms with Crippen molar-refractivity contribution < 1.29 is 29.6 Å². The van der Waals surface area contributed by atoms with E-state index in [-0.39, 0.29) is 42.4 Å². The Bertz CT molecular complexity index is 762. The zero-order valence-corrected chi connectivity index (χ0v) is 17.0. The summed E-state index contributed by atoms with van der Waals surface area (Å²) in [5.74, 6) is -0.410. The predicted molar refractivity (Wildman–Crippen MR) is 104 cm³/mol. The Balaban J connectivity index is 1.53. The van der Waals surface area contributed by atoms with Crippen molar-refractivity contribution in [2.45, 2.75) is 76.1 Å². The smallest absolute Gasteiger partial charge is 0.331 e. The normalized spacial score (nSPS) is 54.1. The average molecular weight is 405 g/mol. The number of hydrogen-bond donors (Lipinski definition) is 3. The Morgan fingerprint density at radius 3 is 2.59 bits per heavy atom. The Morgan fingerprint density at radius 1 is 1.10 bits per heavy atom. The number of aliphatic hydroxyl groups excluding tert-OH is 2. The lowest BCUT2D eigenvalue weighted by Crippen LogP contribution is -2.67. The van der Waals surface area contributed by atoms with Gasteiger partial charge in [0, 0.05) is 16.9 Å². The SMILES string of the molecule is C[C@]12[C@H](O)C[C@H]3[C@H](CC[C@@H]4C[C@@H](O)CC[C@@]43C=O)[C@@]1(O)CC[C@@H]2C1=CC(=O)OC1. The zero-order chi connectivity index (χ0) is 20.6. The highest BCUT2D eigenvalue weighted by Gasteiger charge is 2.71. The van der Waals surface area contributed by atoms with E-state index in [2.05, 4.69) is 0 Å². The second-order valence-electron chi connectivity index (χ2n) is 10.5. The van der Waals surface area contributed by atoms with E-state index in [0.717, 1.165) is 24.7 Å². The first-order valence-electron chi connectivity index (χ1n) is 11.2. The maximum atomic E-state index is 12.5. The molecule has 9 atom stereocenters. The van der Waals surface area contributed by atoms with Crippen LogP contribution in [0.25, 0.3) is 0 Å². The maximum Gasteiger partial charge on any atom is 0.331 e. The lowest BCUT2D eigenvalue weighted by Gasteiger charge is -2.64. The zero-order valence-electron chi connectivity index (χ0n) is 17.0. The number of ether oxygens (including phenoxy) is 1. The number of esters is 1. The van der Waals surface area contributed by atoms with E-state index >= 15 is 0 Å². The third kappa shape index (κ3) is 2.40. The largest absolute Gasteiger partial charge is 0.458 e. The van der Waals surface area contributed by atoms with E-state index in [0.29, 0.717) is 38.5 Å². The topological polar surface area (TPSA) is 104 Å². The van der Waals surface area contributed by atoms with Crippen LogP contribution in [-0.4, -0.2) is 52.0 Å². The quantitative estimate of drug-likeness (QED) is 0.479. The van der Waals surface area contributed by atoms with Gasteiger partial charge < -0.3 is 24.9 Å². The van der Waals surface area contributed by atoms with Crippen LogP contribution < -0.4 is 0 Å². The summed E-state index contributed by atoms with van der Waals surface area (Å²) in [5, 5.41) is 33.7. The van der Waals surface area contributed by atoms with Crippen LogP contribution in [0.3, 0.4) is 0 Å². The molecule has 0 radical (unpaired) electrons. The van der Waals surface area contributed by atoms with Gasteiger partial charge in [-0.15, -0.1) is 0 Å². The molecule has 0 saturated heterocycles. The van der Waals surface area contributed by atoms with Gasteiger partial charge in [-0.05, 0) is 80.6 Å². The molecule has 0 amide bonds. The minimum Gasteiger partial charge on any atom is -0.458 e. The van der Waals surface area contributed by atoms with Crippen molar-refractivity contribution in [3.8, 4) is 0 Å². The molecule has 6 nitrogen and oxygen atoms in total. The van der Waals surface area contributed by atoms with Crippen LogP contribution in [0.4, 0.5) is 0 Å². The molecule has 0 spiro atoms. The van der Waals surface area contributed by atoms with Crippen molar-refractivity contribution in [2.75, 3.05) is 6.61 Å². The Hall–Kier alpha value is -1.24. The number of aliphatic hydroxyl groups is 3. The van der Waals surface area contributed by atoms with Crippen LogP contribution in [0.1, 0.15) is 58.3 Å². The van der Waals surface area contributed by atoms with Crippen molar-refractivity contribution in [3.05, 3.63) is 11.6 Å². The van der Waals surface area contributed by atoms with Crippen LogP contribution in [-0.2, 0) is 14.3 Å². The van der Waals surface area contributed by atoms with Crippen molar-refractivity contribution in [1.82, 2.24) is 0 Å². The number of cyclic esters (lactones) is 1. The standard InChI is InChI=1S/C23H32O6/c1-21-16(13-8-20(27)29-11-13)5-7-23(21,28)17-3-2-14-9-15(25)4-6-22(14,12-24)18(17)10-19(21)26/h8,12,14-19,25-26,28H,2-7,9-11H2,1H3/t14-,15+,16-,17+,18+,19-,21+,22-,23+/m1/s1. The van der Waals surface area contributed by atoms with Crippen LogP contribution in [0.15, 0.2) is 11.6 Å². The first kappa shape index (κ1) is 19.7. The third-order valence-electron chi connectivity index (χ3n) is 9.83. The van der Waals surface area contributed by atoms with Crippen LogP contribution in [0.2, 0.25) is 0 Å². The van der Waals surface area contributed by atoms with Gasteiger partial charge in [-0.2, -0.15) is 0 Å². The molecule has 160 valence electrons. The number of carbonyl (C=O) groups excluding carboxylic acids is 2. The van der Waals surface area contributed by atoms with Crippen LogP contribution >= 0.6 is 0 Å². The van der Waals surface area contributed by atoms with Crippen LogP contribution in [0.5, 0.6) is 0 Å². The molecular formula is C23H32O6. The third-order valence-corrected chi connectivity index (χ3v) is 9.83. The van der Waals surface area contributed by atoms with Crippen LogP contribution in [0, 0.1) is 34.5 Å². The molecule has 0 aromatic rings. The molecule has 4 fully saturated rings. The number of aldehydes is 1. The summed E-state index contributed by atoms with van der Waals surface area (Å²) < 4.78 is 5.13. The first-order chi connectivity index (χ1) is 13.8. The van der Waals surface area contributed by atoms with Gasteiger partial charge >= 0.3 is 5.97 Å². The van der Waals surface area contributed by atoms with Crippen molar-refractivity contribution in [1.29, 1.82) is 0 Å². The highest BCUT2D eigenvalue weighted by Crippen LogP contribution is 2.69. The number of fused-ring (bicyclic) bond motifs is 5. The molecule has 29 heavy (non-hydrogen) atoms. The molecule has 0 bridgehead atoms. The fourth-order valence-corrected chi connectivity index (χ4v) is 8.30. The van der Waals surface area contributed by atoms with E-state index in [9.17, 15) is 24.9 Å². The molecule has 1 aliphatic heterocycles. The first-order valence-corrected chi connectivity index (χ1v) is 11.2. The van der Waals surface area contributed by atoms with E-state index in [1.807, 2.05) is 6.92 Å². The van der Waals surface area contributed by atoms with E-state index in [4.69, 9.17) is 4.74 Å².